The topological polar surface area (TPSA) is 49.9 Å². The Labute approximate surface area is 108 Å². The predicted molar refractivity (Wildman–Crippen MR) is 67.0 cm³/mol. The van der Waals surface area contributed by atoms with Gasteiger partial charge in [0.15, 0.2) is 0 Å². The molecule has 2 heterocycles. The normalized spacial score (nSPS) is 25.9. The average Bonchev–Trinajstić information content (AvgIpc) is 2.97. The Bertz CT molecular complexity index is 326. The van der Waals surface area contributed by atoms with Gasteiger partial charge in [-0.2, -0.15) is 0 Å². The molecule has 102 valence electrons. The highest BCUT2D eigenvalue weighted by Crippen LogP contribution is 2.24. The summed E-state index contributed by atoms with van der Waals surface area (Å²) in [6.07, 6.45) is 2.55. The maximum atomic E-state index is 12.2. The molecule has 0 aromatic rings. The molecule has 2 fully saturated rings. The van der Waals surface area contributed by atoms with Crippen molar-refractivity contribution in [3.63, 3.8) is 0 Å². The largest absolute Gasteiger partial charge is 0.383 e. The molecule has 0 radical (unpaired) electrons. The van der Waals surface area contributed by atoms with Gasteiger partial charge in [-0.1, -0.05) is 0 Å². The molecule has 5 nitrogen and oxygen atoms in total. The molecular formula is C13H22N2O3. The first kappa shape index (κ1) is 13.3. The summed E-state index contributed by atoms with van der Waals surface area (Å²) in [6, 6.07) is 0.0545. The van der Waals surface area contributed by atoms with Crippen molar-refractivity contribution in [2.75, 3.05) is 33.4 Å². The number of ether oxygens (including phenoxy) is 1. The molecule has 2 rings (SSSR count). The van der Waals surface area contributed by atoms with Gasteiger partial charge in [0.2, 0.25) is 11.8 Å². The van der Waals surface area contributed by atoms with Crippen molar-refractivity contribution in [1.29, 1.82) is 0 Å². The van der Waals surface area contributed by atoms with Crippen molar-refractivity contribution in [2.24, 2.45) is 5.92 Å². The van der Waals surface area contributed by atoms with Crippen LogP contribution in [0, 0.1) is 5.92 Å². The lowest BCUT2D eigenvalue weighted by atomic mass is 10.1. The van der Waals surface area contributed by atoms with Crippen LogP contribution in [0.1, 0.15) is 26.2 Å². The second-order valence-corrected chi connectivity index (χ2v) is 5.28. The van der Waals surface area contributed by atoms with Gasteiger partial charge >= 0.3 is 0 Å². The van der Waals surface area contributed by atoms with E-state index in [2.05, 4.69) is 0 Å². The van der Waals surface area contributed by atoms with Gasteiger partial charge in [-0.3, -0.25) is 9.59 Å². The van der Waals surface area contributed by atoms with Crippen LogP contribution in [0.15, 0.2) is 0 Å². The second kappa shape index (κ2) is 5.69. The molecule has 2 atom stereocenters. The molecule has 0 saturated carbocycles. The van der Waals surface area contributed by atoms with E-state index in [0.29, 0.717) is 19.6 Å². The highest BCUT2D eigenvalue weighted by Gasteiger charge is 2.38. The lowest BCUT2D eigenvalue weighted by molar-refractivity contribution is -0.134. The maximum absolute atomic E-state index is 12.2. The van der Waals surface area contributed by atoms with Crippen LogP contribution in [0.3, 0.4) is 0 Å². The molecule has 2 aliphatic heterocycles. The van der Waals surface area contributed by atoms with Crippen LogP contribution in [-0.4, -0.2) is 61.0 Å². The Kier molecular flexibility index (Phi) is 4.22. The zero-order valence-electron chi connectivity index (χ0n) is 11.2. The van der Waals surface area contributed by atoms with Gasteiger partial charge in [0.1, 0.15) is 0 Å². The third-order valence-corrected chi connectivity index (χ3v) is 3.87. The molecule has 0 spiro atoms. The Balaban J connectivity index is 1.93. The zero-order valence-corrected chi connectivity index (χ0v) is 11.2. The summed E-state index contributed by atoms with van der Waals surface area (Å²) in [5, 5.41) is 0. The third-order valence-electron chi connectivity index (χ3n) is 3.87. The quantitative estimate of drug-likeness (QED) is 0.733. The molecule has 0 N–H and O–H groups in total. The summed E-state index contributed by atoms with van der Waals surface area (Å²) in [5.74, 6) is 0.0972. The first-order valence-electron chi connectivity index (χ1n) is 6.70. The molecule has 2 aliphatic rings. The van der Waals surface area contributed by atoms with Gasteiger partial charge < -0.3 is 14.5 Å². The predicted octanol–water partition coefficient (Wildman–Crippen LogP) is 0.492. The van der Waals surface area contributed by atoms with Gasteiger partial charge in [0.25, 0.3) is 0 Å². The summed E-state index contributed by atoms with van der Waals surface area (Å²) in [5.41, 5.74) is 0. The zero-order chi connectivity index (χ0) is 13.1. The summed E-state index contributed by atoms with van der Waals surface area (Å²) in [7, 11) is 1.63. The van der Waals surface area contributed by atoms with Crippen LogP contribution < -0.4 is 0 Å². The lowest BCUT2D eigenvalue weighted by Gasteiger charge is -2.25. The number of amides is 2. The van der Waals surface area contributed by atoms with E-state index < -0.39 is 0 Å². The Hall–Kier alpha value is -1.10. The van der Waals surface area contributed by atoms with E-state index in [-0.39, 0.29) is 23.8 Å². The average molecular weight is 254 g/mol. The van der Waals surface area contributed by atoms with Gasteiger partial charge in [0, 0.05) is 33.2 Å². The molecule has 2 saturated heterocycles. The van der Waals surface area contributed by atoms with Crippen LogP contribution in [0.2, 0.25) is 0 Å². The van der Waals surface area contributed by atoms with E-state index in [4.69, 9.17) is 4.74 Å². The van der Waals surface area contributed by atoms with Gasteiger partial charge in [-0.25, -0.2) is 0 Å². The van der Waals surface area contributed by atoms with Crippen molar-refractivity contribution < 1.29 is 14.3 Å². The first-order valence-corrected chi connectivity index (χ1v) is 6.70. The monoisotopic (exact) mass is 254 g/mol. The highest BCUT2D eigenvalue weighted by molar-refractivity contribution is 5.89. The fraction of sp³-hybridized carbons (Fsp3) is 0.846. The number of likely N-dealkylation sites (tertiary alicyclic amines) is 2. The van der Waals surface area contributed by atoms with Gasteiger partial charge in [-0.05, 0) is 19.8 Å². The number of methoxy groups -OCH3 is 1. The second-order valence-electron chi connectivity index (χ2n) is 5.28. The van der Waals surface area contributed by atoms with E-state index in [9.17, 15) is 9.59 Å². The summed E-state index contributed by atoms with van der Waals surface area (Å²) in [6.45, 7) is 4.76. The van der Waals surface area contributed by atoms with Crippen LogP contribution in [0.4, 0.5) is 0 Å². The van der Waals surface area contributed by atoms with Crippen molar-refractivity contribution in [1.82, 2.24) is 9.80 Å². The van der Waals surface area contributed by atoms with Crippen molar-refractivity contribution in [2.45, 2.75) is 32.2 Å². The van der Waals surface area contributed by atoms with E-state index in [1.807, 2.05) is 11.8 Å². The number of carbonyl (C=O) groups is 2. The van der Waals surface area contributed by atoms with Crippen molar-refractivity contribution in [3.8, 4) is 0 Å². The summed E-state index contributed by atoms with van der Waals surface area (Å²) >= 11 is 0. The molecule has 0 aliphatic carbocycles. The Morgan fingerprint density at radius 2 is 2.11 bits per heavy atom. The highest BCUT2D eigenvalue weighted by atomic mass is 16.5. The minimum atomic E-state index is -0.144. The number of hydrogen-bond acceptors (Lipinski definition) is 3. The third kappa shape index (κ3) is 2.66. The fourth-order valence-electron chi connectivity index (χ4n) is 2.85. The summed E-state index contributed by atoms with van der Waals surface area (Å²) in [4.78, 5) is 27.8. The van der Waals surface area contributed by atoms with Crippen molar-refractivity contribution in [3.05, 3.63) is 0 Å². The smallest absolute Gasteiger partial charge is 0.227 e. The van der Waals surface area contributed by atoms with E-state index in [1.54, 1.807) is 12.0 Å². The van der Waals surface area contributed by atoms with Gasteiger partial charge in [0.05, 0.1) is 18.6 Å². The van der Waals surface area contributed by atoms with Crippen LogP contribution in [-0.2, 0) is 14.3 Å². The SMILES string of the molecule is COC[C@@H](C)N1C[C@@H](C(=O)N2CCCC2)CC1=O. The fourth-order valence-corrected chi connectivity index (χ4v) is 2.85. The van der Waals surface area contributed by atoms with Gasteiger partial charge in [-0.15, -0.1) is 0 Å². The first-order chi connectivity index (χ1) is 8.63. The van der Waals surface area contributed by atoms with Crippen LogP contribution in [0.5, 0.6) is 0 Å². The Morgan fingerprint density at radius 1 is 1.44 bits per heavy atom. The summed E-state index contributed by atoms with van der Waals surface area (Å²) < 4.78 is 5.07. The number of rotatable bonds is 4. The lowest BCUT2D eigenvalue weighted by Crippen LogP contribution is -2.39. The van der Waals surface area contributed by atoms with E-state index in [1.165, 1.54) is 0 Å². The van der Waals surface area contributed by atoms with Crippen LogP contribution >= 0.6 is 0 Å². The Morgan fingerprint density at radius 3 is 2.72 bits per heavy atom. The molecule has 0 aromatic carbocycles. The van der Waals surface area contributed by atoms with E-state index >= 15 is 0 Å². The molecule has 0 bridgehead atoms. The minimum absolute atomic E-state index is 0.0545. The standard InChI is InChI=1S/C13H22N2O3/c1-10(9-18-2)15-8-11(7-12(15)16)13(17)14-5-3-4-6-14/h10-11H,3-9H2,1-2H3/t10-,11+/m1/s1. The molecule has 5 heteroatoms. The number of carbonyl (C=O) groups excluding carboxylic acids is 2. The maximum Gasteiger partial charge on any atom is 0.227 e. The minimum Gasteiger partial charge on any atom is -0.383 e. The molecule has 2 amide bonds. The molecule has 0 unspecified atom stereocenters. The molecular weight excluding hydrogens is 232 g/mol. The van der Waals surface area contributed by atoms with Crippen LogP contribution in [0.25, 0.3) is 0 Å². The number of hydrogen-bond donors (Lipinski definition) is 0. The number of nitrogens with zero attached hydrogens (tertiary/aromatic N) is 2. The molecule has 0 aromatic heterocycles. The van der Waals surface area contributed by atoms with E-state index in [0.717, 1.165) is 25.9 Å². The molecule has 18 heavy (non-hydrogen) atoms. The van der Waals surface area contributed by atoms with Crippen molar-refractivity contribution >= 4 is 11.8 Å².